The molecule has 0 radical (unpaired) electrons. The number of nitrogens with zero attached hydrogens (tertiary/aromatic N) is 3. The molecule has 1 aromatic heterocycles. The Morgan fingerprint density at radius 1 is 1.27 bits per heavy atom. The summed E-state index contributed by atoms with van der Waals surface area (Å²) in [7, 11) is 1.85. The van der Waals surface area contributed by atoms with Crippen LogP contribution in [0.1, 0.15) is 31.2 Å². The molecule has 1 aromatic rings. The topological polar surface area (TPSA) is 52.6 Å². The zero-order chi connectivity index (χ0) is 18.2. The van der Waals surface area contributed by atoms with E-state index in [0.29, 0.717) is 10.7 Å². The molecule has 1 aliphatic carbocycles. The molecule has 5 nitrogen and oxygen atoms in total. The summed E-state index contributed by atoms with van der Waals surface area (Å²) in [6.45, 7) is 4.26. The highest BCUT2D eigenvalue weighted by Gasteiger charge is 2.39. The van der Waals surface area contributed by atoms with Crippen molar-refractivity contribution in [2.45, 2.75) is 37.6 Å². The first-order valence-corrected chi connectivity index (χ1v) is 11.1. The van der Waals surface area contributed by atoms with Crippen LogP contribution < -0.4 is 10.6 Å². The van der Waals surface area contributed by atoms with Crippen LogP contribution in [0.25, 0.3) is 0 Å². The van der Waals surface area contributed by atoms with Crippen LogP contribution in [-0.2, 0) is 6.42 Å². The Hall–Kier alpha value is -0.980. The van der Waals surface area contributed by atoms with Gasteiger partial charge in [-0.3, -0.25) is 9.89 Å². The van der Waals surface area contributed by atoms with Crippen LogP contribution in [0.3, 0.4) is 0 Å². The smallest absolute Gasteiger partial charge is 0.191 e. The van der Waals surface area contributed by atoms with Crippen molar-refractivity contribution in [2.24, 2.45) is 4.99 Å². The Bertz CT molecular complexity index is 580. The van der Waals surface area contributed by atoms with Crippen molar-refractivity contribution in [3.63, 3.8) is 0 Å². The summed E-state index contributed by atoms with van der Waals surface area (Å²) >= 11 is 7.92. The first kappa shape index (κ1) is 19.8. The third-order valence-corrected chi connectivity index (χ3v) is 6.69. The third kappa shape index (κ3) is 5.27. The fraction of sp³-hybridized carbons (Fsp3) is 0.684. The molecule has 2 heterocycles. The summed E-state index contributed by atoms with van der Waals surface area (Å²) in [5, 5.41) is 7.57. The molecule has 1 aliphatic heterocycles. The van der Waals surface area contributed by atoms with Crippen molar-refractivity contribution in [1.82, 2.24) is 20.5 Å². The number of aliphatic imine (C=N–C) groups is 1. The molecule has 3 rings (SSSR count). The minimum absolute atomic E-state index is 0.318. The van der Waals surface area contributed by atoms with Crippen LogP contribution in [0.4, 0.5) is 0 Å². The maximum Gasteiger partial charge on any atom is 0.191 e. The molecule has 0 atom stereocenters. The van der Waals surface area contributed by atoms with E-state index in [2.05, 4.69) is 37.3 Å². The van der Waals surface area contributed by atoms with Gasteiger partial charge in [0.05, 0.1) is 0 Å². The molecule has 26 heavy (non-hydrogen) atoms. The Labute approximate surface area is 166 Å². The summed E-state index contributed by atoms with van der Waals surface area (Å²) in [6, 6.07) is 3.86. The fourth-order valence-electron chi connectivity index (χ4n) is 4.02. The first-order valence-electron chi connectivity index (χ1n) is 9.60. The normalized spacial score (nSPS) is 20.9. The van der Waals surface area contributed by atoms with Crippen LogP contribution in [-0.4, -0.2) is 66.1 Å². The van der Waals surface area contributed by atoms with Crippen LogP contribution in [0.5, 0.6) is 0 Å². The molecule has 2 aliphatic rings. The summed E-state index contributed by atoms with van der Waals surface area (Å²) < 4.78 is 0. The lowest BCUT2D eigenvalue weighted by Gasteiger charge is -2.43. The van der Waals surface area contributed by atoms with Gasteiger partial charge in [0.15, 0.2) is 5.96 Å². The summed E-state index contributed by atoms with van der Waals surface area (Å²) in [5.41, 5.74) is 1.49. The number of thioether (sulfide) groups is 1. The molecule has 7 heteroatoms. The number of halogens is 1. The lowest BCUT2D eigenvalue weighted by molar-refractivity contribution is 0.107. The molecule has 1 saturated carbocycles. The van der Waals surface area contributed by atoms with E-state index in [4.69, 9.17) is 11.6 Å². The second-order valence-electron chi connectivity index (χ2n) is 7.12. The minimum atomic E-state index is 0.318. The molecular weight excluding hydrogens is 366 g/mol. The first-order chi connectivity index (χ1) is 12.7. The Kier molecular flexibility index (Phi) is 7.46. The summed E-state index contributed by atoms with van der Waals surface area (Å²) in [6.07, 6.45) is 8.04. The molecule has 0 spiro atoms. The van der Waals surface area contributed by atoms with Gasteiger partial charge in [-0.25, -0.2) is 4.98 Å². The van der Waals surface area contributed by atoms with Gasteiger partial charge in [0, 0.05) is 56.5 Å². The van der Waals surface area contributed by atoms with Gasteiger partial charge in [0.1, 0.15) is 5.15 Å². The molecule has 144 valence electrons. The van der Waals surface area contributed by atoms with E-state index in [1.165, 1.54) is 55.8 Å². The van der Waals surface area contributed by atoms with E-state index in [-0.39, 0.29) is 0 Å². The fourth-order valence-corrected chi connectivity index (χ4v) is 5.04. The Balaban J connectivity index is 1.48. The van der Waals surface area contributed by atoms with Gasteiger partial charge in [0.2, 0.25) is 0 Å². The maximum absolute atomic E-state index is 5.84. The average Bonchev–Trinajstić information content (AvgIpc) is 3.17. The monoisotopic (exact) mass is 395 g/mol. The SMILES string of the molecule is CN=C(NCCc1ccc(Cl)nc1)NCC1(N2CCSCC2)CCCC1. The third-order valence-electron chi connectivity index (χ3n) is 5.52. The van der Waals surface area contributed by atoms with Crippen LogP contribution in [0.2, 0.25) is 5.15 Å². The molecule has 0 unspecified atom stereocenters. The van der Waals surface area contributed by atoms with Gasteiger partial charge < -0.3 is 10.6 Å². The number of hydrogen-bond donors (Lipinski definition) is 2. The maximum atomic E-state index is 5.84. The lowest BCUT2D eigenvalue weighted by Crippen LogP contribution is -2.57. The number of pyridine rings is 1. The highest BCUT2D eigenvalue weighted by Crippen LogP contribution is 2.36. The van der Waals surface area contributed by atoms with Gasteiger partial charge in [-0.15, -0.1) is 0 Å². The molecule has 0 bridgehead atoms. The van der Waals surface area contributed by atoms with Crippen molar-refractivity contribution in [3.05, 3.63) is 29.0 Å². The minimum Gasteiger partial charge on any atom is -0.356 e. The van der Waals surface area contributed by atoms with Crippen molar-refractivity contribution in [2.75, 3.05) is 44.7 Å². The Morgan fingerprint density at radius 2 is 2.04 bits per heavy atom. The van der Waals surface area contributed by atoms with Gasteiger partial charge in [0.25, 0.3) is 0 Å². The highest BCUT2D eigenvalue weighted by atomic mass is 35.5. The van der Waals surface area contributed by atoms with Crippen LogP contribution >= 0.6 is 23.4 Å². The van der Waals surface area contributed by atoms with Gasteiger partial charge in [-0.2, -0.15) is 11.8 Å². The van der Waals surface area contributed by atoms with Crippen LogP contribution in [0.15, 0.2) is 23.3 Å². The Morgan fingerprint density at radius 3 is 2.69 bits per heavy atom. The predicted octanol–water partition coefficient (Wildman–Crippen LogP) is 2.80. The van der Waals surface area contributed by atoms with Crippen molar-refractivity contribution < 1.29 is 0 Å². The number of aromatic nitrogens is 1. The van der Waals surface area contributed by atoms with Crippen molar-refractivity contribution in [3.8, 4) is 0 Å². The lowest BCUT2D eigenvalue weighted by atomic mass is 9.94. The van der Waals surface area contributed by atoms with E-state index < -0.39 is 0 Å². The quantitative estimate of drug-likeness (QED) is 0.440. The van der Waals surface area contributed by atoms with Crippen molar-refractivity contribution in [1.29, 1.82) is 0 Å². The molecular formula is C19H30ClN5S. The van der Waals surface area contributed by atoms with E-state index >= 15 is 0 Å². The predicted molar refractivity (Wildman–Crippen MR) is 112 cm³/mol. The van der Waals surface area contributed by atoms with Crippen LogP contribution in [0, 0.1) is 0 Å². The van der Waals surface area contributed by atoms with Gasteiger partial charge >= 0.3 is 0 Å². The average molecular weight is 396 g/mol. The van der Waals surface area contributed by atoms with E-state index in [9.17, 15) is 0 Å². The van der Waals surface area contributed by atoms with Gasteiger partial charge in [-0.1, -0.05) is 30.5 Å². The number of nitrogens with one attached hydrogen (secondary N) is 2. The molecule has 2 fully saturated rings. The van der Waals surface area contributed by atoms with Crippen molar-refractivity contribution >= 4 is 29.3 Å². The standard InChI is InChI=1S/C19H30ClN5S/c1-21-18(22-9-6-16-4-5-17(20)23-14-16)24-15-19(7-2-3-8-19)25-10-12-26-13-11-25/h4-5,14H,2-3,6-13,15H2,1H3,(H2,21,22,24). The van der Waals surface area contributed by atoms with E-state index in [1.54, 1.807) is 0 Å². The molecule has 0 amide bonds. The second kappa shape index (κ2) is 9.81. The molecule has 0 aromatic carbocycles. The molecule has 2 N–H and O–H groups in total. The summed E-state index contributed by atoms with van der Waals surface area (Å²) in [4.78, 5) is 11.3. The molecule has 1 saturated heterocycles. The van der Waals surface area contributed by atoms with E-state index in [1.807, 2.05) is 25.4 Å². The largest absolute Gasteiger partial charge is 0.356 e. The zero-order valence-corrected chi connectivity index (χ0v) is 17.2. The van der Waals surface area contributed by atoms with E-state index in [0.717, 1.165) is 25.5 Å². The number of guanidine groups is 1. The summed E-state index contributed by atoms with van der Waals surface area (Å²) in [5.74, 6) is 3.43. The zero-order valence-electron chi connectivity index (χ0n) is 15.6. The highest BCUT2D eigenvalue weighted by molar-refractivity contribution is 7.99. The number of rotatable bonds is 6. The number of hydrogen-bond acceptors (Lipinski definition) is 4. The van der Waals surface area contributed by atoms with Gasteiger partial charge in [-0.05, 0) is 30.9 Å². The second-order valence-corrected chi connectivity index (χ2v) is 8.73.